The molecule has 2 N–H and O–H groups in total. The highest BCUT2D eigenvalue weighted by Crippen LogP contribution is 2.29. The Morgan fingerprint density at radius 3 is 3.00 bits per heavy atom. The second kappa shape index (κ2) is 6.83. The zero-order chi connectivity index (χ0) is 15.2. The normalized spacial score (nSPS) is 10.4. The highest BCUT2D eigenvalue weighted by molar-refractivity contribution is 6.01. The van der Waals surface area contributed by atoms with Crippen molar-refractivity contribution in [1.29, 1.82) is 0 Å². The average molecular weight is 287 g/mol. The lowest BCUT2D eigenvalue weighted by molar-refractivity contribution is -0.111. The molecule has 1 aromatic carbocycles. The molecule has 21 heavy (non-hydrogen) atoms. The SMILES string of the molecule is C=CC(=O)Nc1ccc(COCO)cc1-c1cnn(C)c1. The summed E-state index contributed by atoms with van der Waals surface area (Å²) >= 11 is 0. The summed E-state index contributed by atoms with van der Waals surface area (Å²) < 4.78 is 6.67. The van der Waals surface area contributed by atoms with Crippen LogP contribution in [0, 0.1) is 0 Å². The van der Waals surface area contributed by atoms with Crippen LogP contribution in [0.2, 0.25) is 0 Å². The van der Waals surface area contributed by atoms with E-state index in [1.165, 1.54) is 6.08 Å². The van der Waals surface area contributed by atoms with E-state index < -0.39 is 0 Å². The third-order valence-electron chi connectivity index (χ3n) is 2.90. The number of carbonyl (C=O) groups is 1. The Kier molecular flexibility index (Phi) is 4.86. The highest BCUT2D eigenvalue weighted by atomic mass is 16.6. The largest absolute Gasteiger partial charge is 0.371 e. The number of carbonyl (C=O) groups excluding carboxylic acids is 1. The Bertz CT molecular complexity index is 649. The number of benzene rings is 1. The minimum absolute atomic E-state index is 0.278. The number of ether oxygens (including phenoxy) is 1. The number of aromatic nitrogens is 2. The van der Waals surface area contributed by atoms with Gasteiger partial charge in [-0.1, -0.05) is 12.6 Å². The van der Waals surface area contributed by atoms with Gasteiger partial charge in [-0.3, -0.25) is 9.48 Å². The summed E-state index contributed by atoms with van der Waals surface area (Å²) in [5.41, 5.74) is 3.26. The van der Waals surface area contributed by atoms with E-state index in [1.807, 2.05) is 25.4 Å². The summed E-state index contributed by atoms with van der Waals surface area (Å²) in [5.74, 6) is -0.278. The van der Waals surface area contributed by atoms with Crippen LogP contribution < -0.4 is 5.32 Å². The molecule has 0 bridgehead atoms. The van der Waals surface area contributed by atoms with E-state index in [9.17, 15) is 4.79 Å². The van der Waals surface area contributed by atoms with Gasteiger partial charge >= 0.3 is 0 Å². The maximum absolute atomic E-state index is 11.5. The summed E-state index contributed by atoms with van der Waals surface area (Å²) in [6.45, 7) is 3.40. The number of nitrogens with one attached hydrogen (secondary N) is 1. The molecule has 0 aliphatic heterocycles. The quantitative estimate of drug-likeness (QED) is 0.626. The lowest BCUT2D eigenvalue weighted by Gasteiger charge is -2.11. The molecule has 0 spiro atoms. The molecule has 0 radical (unpaired) electrons. The fraction of sp³-hybridized carbons (Fsp3) is 0.200. The number of hydrogen-bond donors (Lipinski definition) is 2. The van der Waals surface area contributed by atoms with E-state index in [-0.39, 0.29) is 12.7 Å². The number of aryl methyl sites for hydroxylation is 1. The van der Waals surface area contributed by atoms with Crippen LogP contribution >= 0.6 is 0 Å². The molecular weight excluding hydrogens is 270 g/mol. The second-order valence-corrected chi connectivity index (χ2v) is 4.45. The zero-order valence-electron chi connectivity index (χ0n) is 11.7. The van der Waals surface area contributed by atoms with E-state index in [4.69, 9.17) is 9.84 Å². The number of aliphatic hydroxyl groups excluding tert-OH is 1. The van der Waals surface area contributed by atoms with Gasteiger partial charge in [0, 0.05) is 30.1 Å². The van der Waals surface area contributed by atoms with Crippen molar-refractivity contribution in [2.24, 2.45) is 7.05 Å². The smallest absolute Gasteiger partial charge is 0.247 e. The van der Waals surface area contributed by atoms with Gasteiger partial charge in [0.25, 0.3) is 0 Å². The van der Waals surface area contributed by atoms with Gasteiger partial charge in [0.2, 0.25) is 5.91 Å². The summed E-state index contributed by atoms with van der Waals surface area (Å²) in [4.78, 5) is 11.5. The van der Waals surface area contributed by atoms with E-state index in [1.54, 1.807) is 16.9 Å². The number of amides is 1. The van der Waals surface area contributed by atoms with Crippen molar-refractivity contribution in [3.8, 4) is 11.1 Å². The molecule has 0 atom stereocenters. The average Bonchev–Trinajstić information content (AvgIpc) is 2.92. The first kappa shape index (κ1) is 15.0. The van der Waals surface area contributed by atoms with Crippen LogP contribution in [0.4, 0.5) is 5.69 Å². The van der Waals surface area contributed by atoms with Crippen molar-refractivity contribution in [3.05, 3.63) is 48.8 Å². The number of nitrogens with zero attached hydrogens (tertiary/aromatic N) is 2. The van der Waals surface area contributed by atoms with Crippen molar-refractivity contribution in [1.82, 2.24) is 9.78 Å². The minimum atomic E-state index is -0.336. The molecule has 0 saturated heterocycles. The second-order valence-electron chi connectivity index (χ2n) is 4.45. The fourth-order valence-corrected chi connectivity index (χ4v) is 1.94. The maximum Gasteiger partial charge on any atom is 0.247 e. The number of aliphatic hydroxyl groups is 1. The highest BCUT2D eigenvalue weighted by Gasteiger charge is 2.10. The molecule has 1 aromatic heterocycles. The van der Waals surface area contributed by atoms with Gasteiger partial charge in [0.1, 0.15) is 6.79 Å². The molecule has 0 aliphatic rings. The molecule has 110 valence electrons. The van der Waals surface area contributed by atoms with Crippen LogP contribution in [-0.4, -0.2) is 27.6 Å². The van der Waals surface area contributed by atoms with Crippen LogP contribution in [0.5, 0.6) is 0 Å². The van der Waals surface area contributed by atoms with E-state index >= 15 is 0 Å². The van der Waals surface area contributed by atoms with Gasteiger partial charge in [-0.15, -0.1) is 0 Å². The first-order valence-electron chi connectivity index (χ1n) is 6.38. The van der Waals surface area contributed by atoms with E-state index in [0.717, 1.165) is 16.7 Å². The van der Waals surface area contributed by atoms with Crippen molar-refractivity contribution < 1.29 is 14.6 Å². The topological polar surface area (TPSA) is 76.4 Å². The molecule has 2 aromatic rings. The molecule has 6 nitrogen and oxygen atoms in total. The van der Waals surface area contributed by atoms with Crippen molar-refractivity contribution in [2.45, 2.75) is 6.61 Å². The zero-order valence-corrected chi connectivity index (χ0v) is 11.7. The standard InChI is InChI=1S/C15H17N3O3/c1-3-15(20)17-14-5-4-11(9-21-10-19)6-13(14)12-7-16-18(2)8-12/h3-8,19H,1,9-10H2,2H3,(H,17,20). The Labute approximate surface area is 122 Å². The molecule has 0 aliphatic carbocycles. The summed E-state index contributed by atoms with van der Waals surface area (Å²) in [6.07, 6.45) is 4.79. The predicted molar refractivity (Wildman–Crippen MR) is 79.3 cm³/mol. The van der Waals surface area contributed by atoms with Crippen LogP contribution in [0.1, 0.15) is 5.56 Å². The Morgan fingerprint density at radius 1 is 1.57 bits per heavy atom. The number of anilines is 1. The molecule has 0 unspecified atom stereocenters. The van der Waals surface area contributed by atoms with E-state index in [2.05, 4.69) is 17.0 Å². The van der Waals surface area contributed by atoms with Crippen molar-refractivity contribution in [3.63, 3.8) is 0 Å². The molecule has 0 fully saturated rings. The van der Waals surface area contributed by atoms with Crippen molar-refractivity contribution >= 4 is 11.6 Å². The van der Waals surface area contributed by atoms with Crippen molar-refractivity contribution in [2.75, 3.05) is 12.1 Å². The van der Waals surface area contributed by atoms with Gasteiger partial charge in [-0.2, -0.15) is 5.10 Å². The molecule has 1 heterocycles. The summed E-state index contributed by atoms with van der Waals surface area (Å²) in [7, 11) is 1.82. The molecule has 2 rings (SSSR count). The molecule has 6 heteroatoms. The van der Waals surface area contributed by atoms with Gasteiger partial charge in [-0.25, -0.2) is 0 Å². The molecule has 0 saturated carbocycles. The van der Waals surface area contributed by atoms with Gasteiger partial charge in [0.05, 0.1) is 12.8 Å². The Hall–Kier alpha value is -2.44. The first-order valence-corrected chi connectivity index (χ1v) is 6.38. The van der Waals surface area contributed by atoms with Crippen LogP contribution in [0.15, 0.2) is 43.2 Å². The maximum atomic E-state index is 11.5. The van der Waals surface area contributed by atoms with Gasteiger partial charge in [0.15, 0.2) is 0 Å². The monoisotopic (exact) mass is 287 g/mol. The fourth-order valence-electron chi connectivity index (χ4n) is 1.94. The Morgan fingerprint density at radius 2 is 2.38 bits per heavy atom. The lowest BCUT2D eigenvalue weighted by atomic mass is 10.0. The number of rotatable bonds is 6. The predicted octanol–water partition coefficient (Wildman–Crippen LogP) is 1.68. The lowest BCUT2D eigenvalue weighted by Crippen LogP contribution is -2.08. The molecule has 1 amide bonds. The van der Waals surface area contributed by atoms with Crippen LogP contribution in [0.3, 0.4) is 0 Å². The first-order chi connectivity index (χ1) is 10.1. The third-order valence-corrected chi connectivity index (χ3v) is 2.90. The minimum Gasteiger partial charge on any atom is -0.371 e. The Balaban J connectivity index is 2.39. The van der Waals surface area contributed by atoms with Crippen LogP contribution in [-0.2, 0) is 23.2 Å². The van der Waals surface area contributed by atoms with Gasteiger partial charge < -0.3 is 15.2 Å². The summed E-state index contributed by atoms with van der Waals surface area (Å²) in [5, 5.41) is 15.6. The molecular formula is C15H17N3O3. The van der Waals surface area contributed by atoms with E-state index in [0.29, 0.717) is 12.3 Å². The number of hydrogen-bond acceptors (Lipinski definition) is 4. The third kappa shape index (κ3) is 3.77. The summed E-state index contributed by atoms with van der Waals surface area (Å²) in [6, 6.07) is 5.51. The van der Waals surface area contributed by atoms with Gasteiger partial charge in [-0.05, 0) is 23.8 Å². The van der Waals surface area contributed by atoms with Crippen LogP contribution in [0.25, 0.3) is 11.1 Å².